The minimum absolute atomic E-state index is 0.0453. The Bertz CT molecular complexity index is 1530. The van der Waals surface area contributed by atoms with Crippen LogP contribution in [0.1, 0.15) is 13.3 Å². The molecule has 1 amide bonds. The first kappa shape index (κ1) is 21.2. The van der Waals surface area contributed by atoms with Crippen LogP contribution in [0.2, 0.25) is 0 Å². The summed E-state index contributed by atoms with van der Waals surface area (Å²) in [6.07, 6.45) is 7.54. The van der Waals surface area contributed by atoms with Crippen LogP contribution < -0.4 is 15.5 Å². The van der Waals surface area contributed by atoms with Crippen LogP contribution in [0.25, 0.3) is 44.6 Å². The number of benzene rings is 1. The van der Waals surface area contributed by atoms with E-state index >= 15 is 0 Å². The van der Waals surface area contributed by atoms with Crippen LogP contribution >= 0.6 is 0 Å². The Kier molecular flexibility index (Phi) is 5.34. The van der Waals surface area contributed by atoms with E-state index in [9.17, 15) is 4.79 Å². The fourth-order valence-electron chi connectivity index (χ4n) is 4.46. The van der Waals surface area contributed by atoms with Gasteiger partial charge in [0.1, 0.15) is 11.2 Å². The van der Waals surface area contributed by atoms with Gasteiger partial charge in [-0.15, -0.1) is 0 Å². The van der Waals surface area contributed by atoms with Gasteiger partial charge in [0, 0.05) is 49.7 Å². The number of nitrogens with zero attached hydrogens (tertiary/aromatic N) is 5. The number of pyridine rings is 2. The van der Waals surface area contributed by atoms with Gasteiger partial charge in [0.15, 0.2) is 5.82 Å². The number of nitrogens with one attached hydrogen (secondary N) is 4. The summed E-state index contributed by atoms with van der Waals surface area (Å²) in [4.78, 5) is 31.2. The van der Waals surface area contributed by atoms with Crippen molar-refractivity contribution in [1.82, 2.24) is 35.5 Å². The van der Waals surface area contributed by atoms with Crippen molar-refractivity contribution < 1.29 is 4.79 Å². The lowest BCUT2D eigenvalue weighted by atomic mass is 10.0. The number of hydrogen-bond acceptors (Lipinski definition) is 7. The molecule has 0 unspecified atom stereocenters. The van der Waals surface area contributed by atoms with E-state index < -0.39 is 0 Å². The molecule has 1 fully saturated rings. The summed E-state index contributed by atoms with van der Waals surface area (Å²) in [5, 5.41) is 14.9. The SMILES string of the molecule is CCC(=O)Nc1cncc(-c2ccc3[nH]nc(-c4nc5c(N6CCNCC6)cncc5[nH]4)c3c2)c1. The van der Waals surface area contributed by atoms with Crippen molar-refractivity contribution in [3.8, 4) is 22.6 Å². The minimum atomic E-state index is -0.0453. The van der Waals surface area contributed by atoms with E-state index in [0.717, 1.165) is 70.6 Å². The Balaban J connectivity index is 1.39. The average molecular weight is 468 g/mol. The van der Waals surface area contributed by atoms with Crippen LogP contribution in [0.15, 0.2) is 49.1 Å². The summed E-state index contributed by atoms with van der Waals surface area (Å²) >= 11 is 0. The summed E-state index contributed by atoms with van der Waals surface area (Å²) < 4.78 is 0. The van der Waals surface area contributed by atoms with Crippen LogP contribution in [-0.4, -0.2) is 62.2 Å². The molecule has 5 aromatic rings. The molecule has 0 atom stereocenters. The second-order valence-electron chi connectivity index (χ2n) is 8.57. The molecule has 0 radical (unpaired) electrons. The third kappa shape index (κ3) is 3.97. The number of aromatic nitrogens is 6. The highest BCUT2D eigenvalue weighted by Gasteiger charge is 2.19. The van der Waals surface area contributed by atoms with E-state index in [-0.39, 0.29) is 5.91 Å². The summed E-state index contributed by atoms with van der Waals surface area (Å²) in [7, 11) is 0. The first-order chi connectivity index (χ1) is 17.2. The van der Waals surface area contributed by atoms with Crippen LogP contribution in [0.4, 0.5) is 11.4 Å². The molecular weight excluding hydrogens is 442 g/mol. The van der Waals surface area contributed by atoms with Gasteiger partial charge in [-0.1, -0.05) is 13.0 Å². The van der Waals surface area contributed by atoms with Gasteiger partial charge in [-0.25, -0.2) is 4.98 Å². The maximum absolute atomic E-state index is 11.8. The van der Waals surface area contributed by atoms with Gasteiger partial charge in [-0.3, -0.25) is 19.9 Å². The predicted octanol–water partition coefficient (Wildman–Crippen LogP) is 3.32. The summed E-state index contributed by atoms with van der Waals surface area (Å²) in [5.74, 6) is 0.644. The van der Waals surface area contributed by atoms with Crippen molar-refractivity contribution >= 4 is 39.2 Å². The molecule has 35 heavy (non-hydrogen) atoms. The Hall–Kier alpha value is -4.31. The molecule has 1 aliphatic rings. The largest absolute Gasteiger partial charge is 0.366 e. The molecule has 0 bridgehead atoms. The Morgan fingerprint density at radius 3 is 2.74 bits per heavy atom. The van der Waals surface area contributed by atoms with E-state index in [0.29, 0.717) is 17.9 Å². The number of H-pyrrole nitrogens is 2. The fraction of sp³-hybridized carbons (Fsp3) is 0.240. The molecule has 10 heteroatoms. The number of aromatic amines is 2. The summed E-state index contributed by atoms with van der Waals surface area (Å²) in [6, 6.07) is 8.00. The van der Waals surface area contributed by atoms with Gasteiger partial charge >= 0.3 is 0 Å². The minimum Gasteiger partial charge on any atom is -0.366 e. The number of rotatable bonds is 5. The number of piperazine rings is 1. The van der Waals surface area contributed by atoms with Gasteiger partial charge in [0.2, 0.25) is 5.91 Å². The molecule has 1 saturated heterocycles. The molecule has 1 aromatic carbocycles. The number of carbonyl (C=O) groups is 1. The van der Waals surface area contributed by atoms with Crippen LogP contribution in [0.5, 0.6) is 0 Å². The monoisotopic (exact) mass is 467 g/mol. The number of hydrogen-bond donors (Lipinski definition) is 4. The molecular formula is C25H25N9O. The van der Waals surface area contributed by atoms with E-state index in [4.69, 9.17) is 4.98 Å². The van der Waals surface area contributed by atoms with E-state index in [1.54, 1.807) is 18.6 Å². The lowest BCUT2D eigenvalue weighted by Gasteiger charge is -2.29. The molecule has 0 saturated carbocycles. The standard InChI is InChI=1S/C25H25N9O/c1-2-22(35)29-17-9-16(11-27-12-17)15-3-4-19-18(10-15)23(33-32-19)25-30-20-13-28-14-21(24(20)31-25)34-7-5-26-6-8-34/h3-4,9-14,26H,2,5-8H2,1H3,(H,29,35)(H,30,31)(H,32,33). The number of carbonyl (C=O) groups excluding carboxylic acids is 1. The lowest BCUT2D eigenvalue weighted by molar-refractivity contribution is -0.115. The van der Waals surface area contributed by atoms with Gasteiger partial charge in [0.25, 0.3) is 0 Å². The van der Waals surface area contributed by atoms with Crippen molar-refractivity contribution in [2.24, 2.45) is 0 Å². The smallest absolute Gasteiger partial charge is 0.224 e. The van der Waals surface area contributed by atoms with Crippen LogP contribution in [-0.2, 0) is 4.79 Å². The summed E-state index contributed by atoms with van der Waals surface area (Å²) in [6.45, 7) is 5.55. The highest BCUT2D eigenvalue weighted by atomic mass is 16.1. The number of anilines is 2. The van der Waals surface area contributed by atoms with E-state index in [2.05, 4.69) is 46.7 Å². The molecule has 0 spiro atoms. The maximum Gasteiger partial charge on any atom is 0.224 e. The number of amides is 1. The molecule has 1 aliphatic heterocycles. The normalized spacial score (nSPS) is 14.0. The first-order valence-corrected chi connectivity index (χ1v) is 11.7. The third-order valence-corrected chi connectivity index (χ3v) is 6.30. The van der Waals surface area contributed by atoms with Gasteiger partial charge in [-0.05, 0) is 23.8 Å². The van der Waals surface area contributed by atoms with Crippen molar-refractivity contribution in [3.05, 3.63) is 49.1 Å². The van der Waals surface area contributed by atoms with E-state index in [1.165, 1.54) is 0 Å². The Labute approximate surface area is 201 Å². The van der Waals surface area contributed by atoms with Crippen LogP contribution in [0, 0.1) is 0 Å². The molecule has 6 rings (SSSR count). The second kappa shape index (κ2) is 8.80. The second-order valence-corrected chi connectivity index (χ2v) is 8.57. The predicted molar refractivity (Wildman–Crippen MR) is 136 cm³/mol. The van der Waals surface area contributed by atoms with Crippen molar-refractivity contribution in [2.45, 2.75) is 13.3 Å². The highest BCUT2D eigenvalue weighted by molar-refractivity contribution is 5.97. The molecule has 176 valence electrons. The zero-order chi connectivity index (χ0) is 23.8. The zero-order valence-electron chi connectivity index (χ0n) is 19.3. The van der Waals surface area contributed by atoms with Gasteiger partial charge in [0.05, 0.1) is 41.0 Å². The molecule has 4 N–H and O–H groups in total. The summed E-state index contributed by atoms with van der Waals surface area (Å²) in [5.41, 5.74) is 7.01. The molecule has 4 aromatic heterocycles. The lowest BCUT2D eigenvalue weighted by Crippen LogP contribution is -2.43. The Morgan fingerprint density at radius 1 is 1.03 bits per heavy atom. The topological polar surface area (TPSA) is 128 Å². The first-order valence-electron chi connectivity index (χ1n) is 11.7. The maximum atomic E-state index is 11.8. The number of imidazole rings is 1. The molecule has 0 aliphatic carbocycles. The quantitative estimate of drug-likeness (QED) is 0.312. The third-order valence-electron chi connectivity index (χ3n) is 6.30. The molecule has 10 nitrogen and oxygen atoms in total. The zero-order valence-corrected chi connectivity index (χ0v) is 19.3. The Morgan fingerprint density at radius 2 is 1.89 bits per heavy atom. The van der Waals surface area contributed by atoms with Crippen LogP contribution in [0.3, 0.4) is 0 Å². The van der Waals surface area contributed by atoms with Crippen molar-refractivity contribution in [1.29, 1.82) is 0 Å². The molecule has 5 heterocycles. The van der Waals surface area contributed by atoms with Gasteiger partial charge < -0.3 is 20.5 Å². The van der Waals surface area contributed by atoms with E-state index in [1.807, 2.05) is 31.3 Å². The average Bonchev–Trinajstić information content (AvgIpc) is 3.53. The van der Waals surface area contributed by atoms with Crippen molar-refractivity contribution in [3.63, 3.8) is 0 Å². The van der Waals surface area contributed by atoms with Crippen molar-refractivity contribution in [2.75, 3.05) is 36.4 Å². The fourth-order valence-corrected chi connectivity index (χ4v) is 4.46. The number of fused-ring (bicyclic) bond motifs is 2. The highest BCUT2D eigenvalue weighted by Crippen LogP contribution is 2.32. The van der Waals surface area contributed by atoms with Gasteiger partial charge in [-0.2, -0.15) is 5.10 Å².